The van der Waals surface area contributed by atoms with Crippen LogP contribution in [0.15, 0.2) is 72.8 Å². The molecule has 1 N–H and O–H groups in total. The van der Waals surface area contributed by atoms with Gasteiger partial charge in [-0.3, -0.25) is 14.5 Å². The number of nitrogens with one attached hydrogen (secondary N) is 1. The average Bonchev–Trinajstić information content (AvgIpc) is 2.91. The second-order valence-electron chi connectivity index (χ2n) is 9.35. The summed E-state index contributed by atoms with van der Waals surface area (Å²) in [7, 11) is 0. The fourth-order valence-corrected chi connectivity index (χ4v) is 4.78. The molecule has 2 aliphatic rings. The van der Waals surface area contributed by atoms with E-state index in [2.05, 4.69) is 10.2 Å². The molecule has 3 aromatic carbocycles. The van der Waals surface area contributed by atoms with Crippen molar-refractivity contribution in [2.75, 3.05) is 38.1 Å². The third-order valence-corrected chi connectivity index (χ3v) is 6.79. The predicted octanol–water partition coefficient (Wildman–Crippen LogP) is 3.97. The van der Waals surface area contributed by atoms with Crippen LogP contribution in [0.25, 0.3) is 0 Å². The highest BCUT2D eigenvalue weighted by atomic mass is 16.6. The van der Waals surface area contributed by atoms with Crippen molar-refractivity contribution in [1.82, 2.24) is 9.80 Å². The first kappa shape index (κ1) is 23.9. The van der Waals surface area contributed by atoms with Crippen molar-refractivity contribution in [2.24, 2.45) is 0 Å². The van der Waals surface area contributed by atoms with Gasteiger partial charge in [0.15, 0.2) is 11.5 Å². The van der Waals surface area contributed by atoms with Gasteiger partial charge in [-0.25, -0.2) is 0 Å². The standard InChI is InChI=1S/C29H31N3O4/c1-20-12-13-21(2)23(18-20)30-28(33)27(22-8-4-3-5-9-22)31-14-16-32(17-15-31)29(34)26-19-35-24-10-6-7-11-25(24)36-26/h3-13,18,26-27H,14-17,19H2,1-2H3,(H,30,33). The summed E-state index contributed by atoms with van der Waals surface area (Å²) in [5.74, 6) is 1.09. The number of nitrogens with zero attached hydrogens (tertiary/aromatic N) is 2. The fraction of sp³-hybridized carbons (Fsp3) is 0.310. The minimum absolute atomic E-state index is 0.0738. The Bertz CT molecular complexity index is 1240. The molecule has 0 bridgehead atoms. The Morgan fingerprint density at radius 3 is 2.33 bits per heavy atom. The van der Waals surface area contributed by atoms with Gasteiger partial charge in [0.05, 0.1) is 0 Å². The number of fused-ring (bicyclic) bond motifs is 1. The minimum atomic E-state index is -0.663. The number of carbonyl (C=O) groups excluding carboxylic acids is 2. The molecule has 36 heavy (non-hydrogen) atoms. The zero-order valence-electron chi connectivity index (χ0n) is 20.6. The van der Waals surface area contributed by atoms with E-state index in [9.17, 15) is 9.59 Å². The molecule has 0 saturated carbocycles. The molecule has 2 unspecified atom stereocenters. The van der Waals surface area contributed by atoms with Gasteiger partial charge >= 0.3 is 0 Å². The van der Waals surface area contributed by atoms with E-state index < -0.39 is 12.1 Å². The van der Waals surface area contributed by atoms with Gasteiger partial charge in [0.2, 0.25) is 12.0 Å². The number of carbonyl (C=O) groups is 2. The van der Waals surface area contributed by atoms with Crippen LogP contribution in [0.2, 0.25) is 0 Å². The van der Waals surface area contributed by atoms with Gasteiger partial charge in [-0.05, 0) is 48.7 Å². The number of hydrogen-bond acceptors (Lipinski definition) is 5. The summed E-state index contributed by atoms with van der Waals surface area (Å²) < 4.78 is 11.7. The lowest BCUT2D eigenvalue weighted by Crippen LogP contribution is -2.55. The van der Waals surface area contributed by atoms with Gasteiger partial charge in [0, 0.05) is 31.9 Å². The summed E-state index contributed by atoms with van der Waals surface area (Å²) in [6.07, 6.45) is -0.663. The van der Waals surface area contributed by atoms with Gasteiger partial charge in [-0.15, -0.1) is 0 Å². The summed E-state index contributed by atoms with van der Waals surface area (Å²) in [5.41, 5.74) is 3.87. The van der Waals surface area contributed by atoms with Crippen LogP contribution in [0.3, 0.4) is 0 Å². The van der Waals surface area contributed by atoms with Crippen LogP contribution < -0.4 is 14.8 Å². The molecule has 2 amide bonds. The van der Waals surface area contributed by atoms with E-state index in [4.69, 9.17) is 9.47 Å². The zero-order chi connectivity index (χ0) is 25.1. The molecule has 2 atom stereocenters. The van der Waals surface area contributed by atoms with Gasteiger partial charge in [0.25, 0.3) is 5.91 Å². The highest BCUT2D eigenvalue weighted by Gasteiger charge is 2.36. The smallest absolute Gasteiger partial charge is 0.267 e. The summed E-state index contributed by atoms with van der Waals surface area (Å²) in [4.78, 5) is 30.7. The maximum atomic E-state index is 13.6. The van der Waals surface area contributed by atoms with Gasteiger partial charge in [-0.1, -0.05) is 54.6 Å². The Morgan fingerprint density at radius 1 is 0.889 bits per heavy atom. The molecule has 7 heteroatoms. The lowest BCUT2D eigenvalue weighted by Gasteiger charge is -2.40. The van der Waals surface area contributed by atoms with Crippen molar-refractivity contribution < 1.29 is 19.1 Å². The third-order valence-electron chi connectivity index (χ3n) is 6.79. The molecule has 1 saturated heterocycles. The van der Waals surface area contributed by atoms with Crippen LogP contribution in [-0.2, 0) is 9.59 Å². The third kappa shape index (κ3) is 5.06. The van der Waals surface area contributed by atoms with E-state index in [1.165, 1.54) is 0 Å². The van der Waals surface area contributed by atoms with Crippen molar-refractivity contribution in [3.05, 3.63) is 89.5 Å². The lowest BCUT2D eigenvalue weighted by molar-refractivity contribution is -0.143. The molecule has 0 spiro atoms. The van der Waals surface area contributed by atoms with Crippen LogP contribution in [-0.4, -0.2) is 60.5 Å². The predicted molar refractivity (Wildman–Crippen MR) is 138 cm³/mol. The molecule has 7 nitrogen and oxygen atoms in total. The van der Waals surface area contributed by atoms with E-state index in [0.717, 1.165) is 22.4 Å². The molecule has 0 radical (unpaired) electrons. The fourth-order valence-electron chi connectivity index (χ4n) is 4.78. The Labute approximate surface area is 211 Å². The molecule has 0 aliphatic carbocycles. The first-order valence-corrected chi connectivity index (χ1v) is 12.3. The van der Waals surface area contributed by atoms with Crippen LogP contribution >= 0.6 is 0 Å². The molecule has 2 heterocycles. The number of aryl methyl sites for hydroxylation is 2. The molecule has 5 rings (SSSR count). The number of rotatable bonds is 5. The van der Waals surface area contributed by atoms with E-state index in [1.54, 1.807) is 0 Å². The normalized spacial score (nSPS) is 18.4. The number of anilines is 1. The monoisotopic (exact) mass is 485 g/mol. The number of hydrogen-bond donors (Lipinski definition) is 1. The summed E-state index contributed by atoms with van der Waals surface area (Å²) >= 11 is 0. The highest BCUT2D eigenvalue weighted by molar-refractivity contribution is 5.96. The molecular weight excluding hydrogens is 454 g/mol. The molecule has 2 aliphatic heterocycles. The molecule has 3 aromatic rings. The largest absolute Gasteiger partial charge is 0.485 e. The SMILES string of the molecule is Cc1ccc(C)c(NC(=O)C(c2ccccc2)N2CCN(C(=O)C3COc4ccccc4O3)CC2)c1. The number of benzene rings is 3. The van der Waals surface area contributed by atoms with E-state index in [0.29, 0.717) is 37.7 Å². The summed E-state index contributed by atoms with van der Waals surface area (Å²) in [6, 6.07) is 22.8. The molecule has 186 valence electrons. The topological polar surface area (TPSA) is 71.1 Å². The zero-order valence-corrected chi connectivity index (χ0v) is 20.6. The van der Waals surface area contributed by atoms with E-state index >= 15 is 0 Å². The van der Waals surface area contributed by atoms with Crippen molar-refractivity contribution in [2.45, 2.75) is 26.0 Å². The Balaban J connectivity index is 1.27. The van der Waals surface area contributed by atoms with Crippen LogP contribution in [0, 0.1) is 13.8 Å². The van der Waals surface area contributed by atoms with Crippen LogP contribution in [0.1, 0.15) is 22.7 Å². The highest BCUT2D eigenvalue weighted by Crippen LogP contribution is 2.32. The lowest BCUT2D eigenvalue weighted by atomic mass is 10.0. The second kappa shape index (κ2) is 10.4. The number of ether oxygens (including phenoxy) is 2. The molecule has 1 fully saturated rings. The van der Waals surface area contributed by atoms with Crippen molar-refractivity contribution in [1.29, 1.82) is 0 Å². The van der Waals surface area contributed by atoms with Crippen molar-refractivity contribution >= 4 is 17.5 Å². The summed E-state index contributed by atoms with van der Waals surface area (Å²) in [5, 5.41) is 3.14. The van der Waals surface area contributed by atoms with Gasteiger partial charge in [-0.2, -0.15) is 0 Å². The quantitative estimate of drug-likeness (QED) is 0.592. The van der Waals surface area contributed by atoms with Gasteiger partial charge in [0.1, 0.15) is 12.6 Å². The Morgan fingerprint density at radius 2 is 1.58 bits per heavy atom. The first-order chi connectivity index (χ1) is 17.5. The maximum absolute atomic E-state index is 13.6. The van der Waals surface area contributed by atoms with Crippen LogP contribution in [0.4, 0.5) is 5.69 Å². The second-order valence-corrected chi connectivity index (χ2v) is 9.35. The number of amides is 2. The number of piperazine rings is 1. The summed E-state index contributed by atoms with van der Waals surface area (Å²) in [6.45, 7) is 6.39. The number of para-hydroxylation sites is 2. The van der Waals surface area contributed by atoms with Crippen molar-refractivity contribution in [3.63, 3.8) is 0 Å². The Kier molecular flexibility index (Phi) is 6.91. The first-order valence-electron chi connectivity index (χ1n) is 12.3. The molecule has 0 aromatic heterocycles. The van der Waals surface area contributed by atoms with E-state index in [1.807, 2.05) is 91.5 Å². The maximum Gasteiger partial charge on any atom is 0.267 e. The average molecular weight is 486 g/mol. The Hall–Kier alpha value is -3.84. The van der Waals surface area contributed by atoms with E-state index in [-0.39, 0.29) is 18.4 Å². The molecular formula is C29H31N3O4. The van der Waals surface area contributed by atoms with Crippen molar-refractivity contribution in [3.8, 4) is 11.5 Å². The minimum Gasteiger partial charge on any atom is -0.485 e. The van der Waals surface area contributed by atoms with Crippen LogP contribution in [0.5, 0.6) is 11.5 Å². The van der Waals surface area contributed by atoms with Gasteiger partial charge < -0.3 is 19.7 Å².